The van der Waals surface area contributed by atoms with E-state index in [2.05, 4.69) is 10.6 Å². The van der Waals surface area contributed by atoms with Gasteiger partial charge < -0.3 is 29.6 Å². The first-order chi connectivity index (χ1) is 20.1. The maximum absolute atomic E-state index is 13.5. The monoisotopic (exact) mass is 579 g/mol. The Morgan fingerprint density at radius 2 is 1.71 bits per heavy atom. The Morgan fingerprint density at radius 3 is 2.33 bits per heavy atom. The molecule has 42 heavy (non-hydrogen) atoms. The van der Waals surface area contributed by atoms with E-state index in [0.29, 0.717) is 35.0 Å². The third-order valence-corrected chi connectivity index (χ3v) is 6.80. The van der Waals surface area contributed by atoms with Crippen LogP contribution in [0.3, 0.4) is 0 Å². The number of non-ortho nitro benzene ring substituents is 1. The van der Waals surface area contributed by atoms with Crippen LogP contribution in [0.5, 0.6) is 5.75 Å². The lowest BCUT2D eigenvalue weighted by molar-refractivity contribution is -0.384. The molecule has 2 aliphatic rings. The van der Waals surface area contributed by atoms with Gasteiger partial charge in [-0.15, -0.1) is 0 Å². The van der Waals surface area contributed by atoms with Gasteiger partial charge in [0.25, 0.3) is 5.69 Å². The van der Waals surface area contributed by atoms with Crippen molar-refractivity contribution in [2.24, 2.45) is 0 Å². The molecule has 4 rings (SSSR count). The molecular weight excluding hydrogens is 546 g/mol. The standard InChI is InChI=1S/C30H33N3O9/c1-18-26(29(35)41-15-14-40-24-11-9-22(10-12-24)32-20(3)34)28(21-6-4-7-23(16-21)33(37)38)27(19(2)31-18)30(36)42-17-25-8-5-13-39-25/h4,6-7,9-12,16,25,28,31H,5,8,13-15,17H2,1-3H3,(H,32,34). The largest absolute Gasteiger partial charge is 0.490 e. The Kier molecular flexibility index (Phi) is 9.92. The molecule has 12 heteroatoms. The van der Waals surface area contributed by atoms with E-state index in [0.717, 1.165) is 12.8 Å². The molecule has 2 aliphatic heterocycles. The number of nitro groups is 1. The Morgan fingerprint density at radius 1 is 1.02 bits per heavy atom. The topological polar surface area (TPSA) is 155 Å². The van der Waals surface area contributed by atoms with Gasteiger partial charge in [-0.3, -0.25) is 14.9 Å². The molecule has 2 N–H and O–H groups in total. The van der Waals surface area contributed by atoms with E-state index in [4.69, 9.17) is 18.9 Å². The molecule has 2 unspecified atom stereocenters. The van der Waals surface area contributed by atoms with Crippen LogP contribution in [0, 0.1) is 10.1 Å². The van der Waals surface area contributed by atoms with Crippen LogP contribution in [-0.2, 0) is 28.6 Å². The number of esters is 2. The highest BCUT2D eigenvalue weighted by atomic mass is 16.6. The van der Waals surface area contributed by atoms with E-state index >= 15 is 0 Å². The number of ether oxygens (including phenoxy) is 4. The summed E-state index contributed by atoms with van der Waals surface area (Å²) >= 11 is 0. The molecular formula is C30H33N3O9. The molecule has 2 aromatic rings. The summed E-state index contributed by atoms with van der Waals surface area (Å²) in [5.41, 5.74) is 2.00. The van der Waals surface area contributed by atoms with Gasteiger partial charge in [0, 0.05) is 42.7 Å². The minimum Gasteiger partial charge on any atom is -0.490 e. The molecule has 12 nitrogen and oxygen atoms in total. The molecule has 0 radical (unpaired) electrons. The Balaban J connectivity index is 1.51. The second kappa shape index (κ2) is 13.8. The van der Waals surface area contributed by atoms with Gasteiger partial charge in [-0.25, -0.2) is 9.59 Å². The van der Waals surface area contributed by atoms with E-state index < -0.39 is 22.8 Å². The number of hydrogen-bond donors (Lipinski definition) is 2. The van der Waals surface area contributed by atoms with Crippen molar-refractivity contribution >= 4 is 29.2 Å². The maximum Gasteiger partial charge on any atom is 0.336 e. The molecule has 0 aliphatic carbocycles. The van der Waals surface area contributed by atoms with Gasteiger partial charge in [0.2, 0.25) is 5.91 Å². The molecule has 2 aromatic carbocycles. The van der Waals surface area contributed by atoms with Gasteiger partial charge in [0.1, 0.15) is 25.6 Å². The van der Waals surface area contributed by atoms with Crippen molar-refractivity contribution in [2.75, 3.05) is 31.7 Å². The highest BCUT2D eigenvalue weighted by Gasteiger charge is 2.39. The molecule has 1 saturated heterocycles. The summed E-state index contributed by atoms with van der Waals surface area (Å²) in [6, 6.07) is 12.5. The van der Waals surface area contributed by atoms with E-state index in [1.165, 1.54) is 25.1 Å². The van der Waals surface area contributed by atoms with Crippen molar-refractivity contribution in [1.82, 2.24) is 5.32 Å². The lowest BCUT2D eigenvalue weighted by Gasteiger charge is -2.30. The van der Waals surface area contributed by atoms with Crippen molar-refractivity contribution in [1.29, 1.82) is 0 Å². The number of carbonyl (C=O) groups excluding carboxylic acids is 3. The Bertz CT molecular complexity index is 1410. The first-order valence-corrected chi connectivity index (χ1v) is 13.5. The van der Waals surface area contributed by atoms with Crippen LogP contribution in [0.1, 0.15) is 45.1 Å². The average molecular weight is 580 g/mol. The van der Waals surface area contributed by atoms with E-state index in [1.54, 1.807) is 44.2 Å². The predicted octanol–water partition coefficient (Wildman–Crippen LogP) is 4.13. The fourth-order valence-electron chi connectivity index (χ4n) is 4.92. The molecule has 2 atom stereocenters. The minimum atomic E-state index is -0.974. The van der Waals surface area contributed by atoms with Crippen LogP contribution >= 0.6 is 0 Å². The zero-order chi connectivity index (χ0) is 30.2. The molecule has 1 amide bonds. The van der Waals surface area contributed by atoms with Crippen molar-refractivity contribution in [3.63, 3.8) is 0 Å². The highest BCUT2D eigenvalue weighted by Crippen LogP contribution is 2.40. The van der Waals surface area contributed by atoms with Crippen molar-refractivity contribution in [3.05, 3.63) is 86.7 Å². The summed E-state index contributed by atoms with van der Waals surface area (Å²) in [4.78, 5) is 49.1. The van der Waals surface area contributed by atoms with Crippen LogP contribution in [0.25, 0.3) is 0 Å². The first-order valence-electron chi connectivity index (χ1n) is 13.5. The highest BCUT2D eigenvalue weighted by molar-refractivity contribution is 6.00. The van der Waals surface area contributed by atoms with Gasteiger partial charge in [0.05, 0.1) is 28.1 Å². The average Bonchev–Trinajstić information content (AvgIpc) is 3.48. The maximum atomic E-state index is 13.5. The summed E-state index contributed by atoms with van der Waals surface area (Å²) in [6.07, 6.45) is 1.45. The molecule has 2 heterocycles. The summed E-state index contributed by atoms with van der Waals surface area (Å²) in [6.45, 7) is 5.37. The Hall–Kier alpha value is -4.71. The van der Waals surface area contributed by atoms with E-state index in [9.17, 15) is 24.5 Å². The predicted molar refractivity (Wildman–Crippen MR) is 152 cm³/mol. The third-order valence-electron chi connectivity index (χ3n) is 6.80. The number of nitro benzene ring substituents is 1. The van der Waals surface area contributed by atoms with Crippen LogP contribution < -0.4 is 15.4 Å². The molecule has 0 spiro atoms. The number of benzene rings is 2. The Labute approximate surface area is 242 Å². The van der Waals surface area contributed by atoms with Gasteiger partial charge in [-0.05, 0) is 56.5 Å². The number of carbonyl (C=O) groups is 3. The summed E-state index contributed by atoms with van der Waals surface area (Å²) in [5, 5.41) is 17.3. The summed E-state index contributed by atoms with van der Waals surface area (Å²) in [5.74, 6) is -2.02. The minimum absolute atomic E-state index is 0.0393. The smallest absolute Gasteiger partial charge is 0.336 e. The molecule has 1 fully saturated rings. The summed E-state index contributed by atoms with van der Waals surface area (Å²) in [7, 11) is 0. The van der Waals surface area contributed by atoms with Gasteiger partial charge in [-0.2, -0.15) is 0 Å². The number of nitrogens with one attached hydrogen (secondary N) is 2. The van der Waals surface area contributed by atoms with Crippen LogP contribution in [-0.4, -0.2) is 55.3 Å². The molecule has 0 bridgehead atoms. The number of rotatable bonds is 11. The first kappa shape index (κ1) is 30.3. The fraction of sp³-hybridized carbons (Fsp3) is 0.367. The number of amides is 1. The van der Waals surface area contributed by atoms with Crippen LogP contribution in [0.15, 0.2) is 71.1 Å². The van der Waals surface area contributed by atoms with Gasteiger partial charge in [0.15, 0.2) is 0 Å². The SMILES string of the molecule is CC(=O)Nc1ccc(OCCOC(=O)C2=C(C)NC(C)=C(C(=O)OCC3CCCO3)C2c2cccc([N+](=O)[O-])c2)cc1. The number of hydrogen-bond acceptors (Lipinski definition) is 10. The summed E-state index contributed by atoms with van der Waals surface area (Å²) < 4.78 is 22.3. The lowest BCUT2D eigenvalue weighted by Crippen LogP contribution is -2.33. The number of anilines is 1. The van der Waals surface area contributed by atoms with E-state index in [1.807, 2.05) is 0 Å². The number of nitrogens with zero attached hydrogens (tertiary/aromatic N) is 1. The van der Waals surface area contributed by atoms with Gasteiger partial charge >= 0.3 is 11.9 Å². The second-order valence-electron chi connectivity index (χ2n) is 9.91. The normalized spacial score (nSPS) is 18.3. The van der Waals surface area contributed by atoms with Crippen LogP contribution in [0.4, 0.5) is 11.4 Å². The molecule has 222 valence electrons. The lowest BCUT2D eigenvalue weighted by atomic mass is 9.80. The molecule has 0 aromatic heterocycles. The van der Waals surface area contributed by atoms with E-state index in [-0.39, 0.29) is 48.7 Å². The van der Waals surface area contributed by atoms with Gasteiger partial charge in [-0.1, -0.05) is 12.1 Å². The molecule has 0 saturated carbocycles. The van der Waals surface area contributed by atoms with Crippen LogP contribution in [0.2, 0.25) is 0 Å². The van der Waals surface area contributed by atoms with Crippen molar-refractivity contribution in [2.45, 2.75) is 45.6 Å². The zero-order valence-electron chi connectivity index (χ0n) is 23.6. The quantitative estimate of drug-likeness (QED) is 0.172. The fourth-order valence-corrected chi connectivity index (χ4v) is 4.92. The number of dihydropyridines is 1. The van der Waals surface area contributed by atoms with Crippen molar-refractivity contribution in [3.8, 4) is 5.75 Å². The number of allylic oxidation sites excluding steroid dienone is 2. The van der Waals surface area contributed by atoms with Crippen molar-refractivity contribution < 1.29 is 38.3 Å². The third kappa shape index (κ3) is 7.52. The zero-order valence-corrected chi connectivity index (χ0v) is 23.6. The second-order valence-corrected chi connectivity index (χ2v) is 9.91.